The first-order valence-corrected chi connectivity index (χ1v) is 5.45. The highest BCUT2D eigenvalue weighted by Gasteiger charge is 2.03. The summed E-state index contributed by atoms with van der Waals surface area (Å²) in [6.45, 7) is 5.76. The topological polar surface area (TPSA) is 47.7 Å². The van der Waals surface area contributed by atoms with Gasteiger partial charge in [0.05, 0.1) is 29.8 Å². The lowest BCUT2D eigenvalue weighted by molar-refractivity contribution is 0.649. The summed E-state index contributed by atoms with van der Waals surface area (Å²) in [5.41, 5.74) is 3.24. The molecule has 2 rings (SSSR count). The second kappa shape index (κ2) is 4.38. The maximum Gasteiger partial charge on any atom is 0.0815 e. The average Bonchev–Trinajstić information content (AvgIpc) is 2.86. The summed E-state index contributed by atoms with van der Waals surface area (Å²) in [7, 11) is 1.94. The molecule has 0 fully saturated rings. The van der Waals surface area contributed by atoms with Crippen molar-refractivity contribution in [3.63, 3.8) is 0 Å². The highest BCUT2D eigenvalue weighted by Crippen LogP contribution is 2.12. The van der Waals surface area contributed by atoms with Gasteiger partial charge in [-0.1, -0.05) is 0 Å². The van der Waals surface area contributed by atoms with E-state index in [-0.39, 0.29) is 0 Å². The Morgan fingerprint density at radius 2 is 2.25 bits per heavy atom. The van der Waals surface area contributed by atoms with Crippen LogP contribution in [0.2, 0.25) is 0 Å². The van der Waals surface area contributed by atoms with Gasteiger partial charge in [-0.25, -0.2) is 0 Å². The van der Waals surface area contributed by atoms with E-state index in [1.54, 1.807) is 0 Å². The first kappa shape index (κ1) is 10.7. The monoisotopic (exact) mass is 219 g/mol. The Hall–Kier alpha value is -1.78. The Bertz CT molecular complexity index is 468. The minimum absolute atomic E-state index is 0.736. The predicted molar refractivity (Wildman–Crippen MR) is 63.2 cm³/mol. The van der Waals surface area contributed by atoms with Gasteiger partial charge >= 0.3 is 0 Å². The van der Waals surface area contributed by atoms with Crippen LogP contribution in [0.25, 0.3) is 0 Å². The Morgan fingerprint density at radius 1 is 1.44 bits per heavy atom. The maximum atomic E-state index is 4.41. The fourth-order valence-electron chi connectivity index (χ4n) is 1.53. The molecule has 5 heteroatoms. The average molecular weight is 219 g/mol. The van der Waals surface area contributed by atoms with Crippen molar-refractivity contribution in [2.45, 2.75) is 26.9 Å². The van der Waals surface area contributed by atoms with Gasteiger partial charge in [0, 0.05) is 19.8 Å². The van der Waals surface area contributed by atoms with Crippen molar-refractivity contribution in [1.29, 1.82) is 0 Å². The van der Waals surface area contributed by atoms with Crippen LogP contribution in [0.3, 0.4) is 0 Å². The summed E-state index contributed by atoms with van der Waals surface area (Å²) in [5.74, 6) is 0. The van der Waals surface area contributed by atoms with Crippen LogP contribution in [0.15, 0.2) is 18.5 Å². The smallest absolute Gasteiger partial charge is 0.0815 e. The molecule has 0 unspecified atom stereocenters. The first-order valence-electron chi connectivity index (χ1n) is 5.45. The van der Waals surface area contributed by atoms with Crippen LogP contribution < -0.4 is 5.32 Å². The normalized spacial score (nSPS) is 10.7. The number of nitrogens with zero attached hydrogens (tertiary/aromatic N) is 4. The van der Waals surface area contributed by atoms with Crippen LogP contribution in [0.5, 0.6) is 0 Å². The van der Waals surface area contributed by atoms with Crippen molar-refractivity contribution in [1.82, 2.24) is 19.6 Å². The zero-order valence-electron chi connectivity index (χ0n) is 9.94. The molecular formula is C11H17N5. The fraction of sp³-hybridized carbons (Fsp3) is 0.455. The highest BCUT2D eigenvalue weighted by atomic mass is 15.3. The summed E-state index contributed by atoms with van der Waals surface area (Å²) in [6.07, 6.45) is 3.83. The van der Waals surface area contributed by atoms with Gasteiger partial charge in [-0.15, -0.1) is 0 Å². The quantitative estimate of drug-likeness (QED) is 0.848. The number of hydrogen-bond acceptors (Lipinski definition) is 3. The highest BCUT2D eigenvalue weighted by molar-refractivity contribution is 5.45. The SMILES string of the molecule is CCn1ccc(CNc2cnn(C)c2C)n1. The molecule has 0 amide bonds. The van der Waals surface area contributed by atoms with Crippen LogP contribution in [-0.4, -0.2) is 19.6 Å². The largest absolute Gasteiger partial charge is 0.377 e. The van der Waals surface area contributed by atoms with Crippen molar-refractivity contribution in [2.75, 3.05) is 5.32 Å². The van der Waals surface area contributed by atoms with Gasteiger partial charge in [0.25, 0.3) is 0 Å². The number of hydrogen-bond donors (Lipinski definition) is 1. The van der Waals surface area contributed by atoms with Crippen LogP contribution in [0.1, 0.15) is 18.3 Å². The Balaban J connectivity index is 1.99. The molecule has 0 aliphatic carbocycles. The molecule has 2 aromatic rings. The van der Waals surface area contributed by atoms with Gasteiger partial charge in [0.2, 0.25) is 0 Å². The van der Waals surface area contributed by atoms with Gasteiger partial charge < -0.3 is 5.32 Å². The van der Waals surface area contributed by atoms with Gasteiger partial charge in [-0.2, -0.15) is 10.2 Å². The van der Waals surface area contributed by atoms with Crippen molar-refractivity contribution in [2.24, 2.45) is 7.05 Å². The van der Waals surface area contributed by atoms with E-state index in [0.717, 1.165) is 30.2 Å². The molecule has 0 saturated carbocycles. The molecule has 86 valence electrons. The fourth-order valence-corrected chi connectivity index (χ4v) is 1.53. The lowest BCUT2D eigenvalue weighted by Crippen LogP contribution is -2.03. The molecule has 0 saturated heterocycles. The van der Waals surface area contributed by atoms with E-state index < -0.39 is 0 Å². The molecule has 16 heavy (non-hydrogen) atoms. The minimum atomic E-state index is 0.736. The lowest BCUT2D eigenvalue weighted by Gasteiger charge is -2.03. The molecule has 0 aliphatic heterocycles. The van der Waals surface area contributed by atoms with Crippen molar-refractivity contribution in [3.05, 3.63) is 29.8 Å². The standard InChI is InChI=1S/C11H17N5/c1-4-16-6-5-10(14-16)7-12-11-8-13-15(3)9(11)2/h5-6,8,12H,4,7H2,1-3H3. The van der Waals surface area contributed by atoms with E-state index in [1.807, 2.05) is 41.8 Å². The number of anilines is 1. The van der Waals surface area contributed by atoms with Crippen LogP contribution in [0.4, 0.5) is 5.69 Å². The van der Waals surface area contributed by atoms with Gasteiger partial charge in [-0.05, 0) is 19.9 Å². The van der Waals surface area contributed by atoms with Crippen LogP contribution in [-0.2, 0) is 20.1 Å². The number of nitrogens with one attached hydrogen (secondary N) is 1. The summed E-state index contributed by atoms with van der Waals surface area (Å²) >= 11 is 0. The Labute approximate surface area is 95.1 Å². The third kappa shape index (κ3) is 2.08. The number of rotatable bonds is 4. The molecule has 5 nitrogen and oxygen atoms in total. The van der Waals surface area contributed by atoms with E-state index in [0.29, 0.717) is 0 Å². The molecular weight excluding hydrogens is 202 g/mol. The summed E-state index contributed by atoms with van der Waals surface area (Å²) < 4.78 is 3.78. The molecule has 0 radical (unpaired) electrons. The van der Waals surface area contributed by atoms with E-state index in [4.69, 9.17) is 0 Å². The molecule has 0 atom stereocenters. The second-order valence-corrected chi connectivity index (χ2v) is 3.78. The van der Waals surface area contributed by atoms with Gasteiger partial charge in [0.15, 0.2) is 0 Å². The Kier molecular flexibility index (Phi) is 2.94. The predicted octanol–water partition coefficient (Wildman–Crippen LogP) is 1.56. The molecule has 0 aromatic carbocycles. The zero-order chi connectivity index (χ0) is 11.5. The lowest BCUT2D eigenvalue weighted by atomic mass is 10.3. The minimum Gasteiger partial charge on any atom is -0.377 e. The first-order chi connectivity index (χ1) is 7.70. The van der Waals surface area contributed by atoms with E-state index in [2.05, 4.69) is 22.4 Å². The molecule has 0 aliphatic rings. The third-order valence-electron chi connectivity index (χ3n) is 2.72. The summed E-state index contributed by atoms with van der Waals surface area (Å²) in [5, 5.41) is 11.9. The van der Waals surface area contributed by atoms with E-state index in [1.165, 1.54) is 0 Å². The molecule has 2 heterocycles. The zero-order valence-corrected chi connectivity index (χ0v) is 9.94. The second-order valence-electron chi connectivity index (χ2n) is 3.78. The van der Waals surface area contributed by atoms with Crippen LogP contribution in [0, 0.1) is 6.92 Å². The summed E-state index contributed by atoms with van der Waals surface area (Å²) in [6, 6.07) is 2.03. The molecule has 2 aromatic heterocycles. The Morgan fingerprint density at radius 3 is 2.81 bits per heavy atom. The van der Waals surface area contributed by atoms with Gasteiger partial charge in [0.1, 0.15) is 0 Å². The van der Waals surface area contributed by atoms with E-state index in [9.17, 15) is 0 Å². The molecule has 1 N–H and O–H groups in total. The van der Waals surface area contributed by atoms with E-state index >= 15 is 0 Å². The maximum absolute atomic E-state index is 4.41. The third-order valence-corrected chi connectivity index (χ3v) is 2.72. The van der Waals surface area contributed by atoms with Crippen molar-refractivity contribution in [3.8, 4) is 0 Å². The van der Waals surface area contributed by atoms with Gasteiger partial charge in [-0.3, -0.25) is 9.36 Å². The molecule has 0 spiro atoms. The molecule has 0 bridgehead atoms. The van der Waals surface area contributed by atoms with Crippen molar-refractivity contribution < 1.29 is 0 Å². The van der Waals surface area contributed by atoms with Crippen LogP contribution >= 0.6 is 0 Å². The van der Waals surface area contributed by atoms with Crippen molar-refractivity contribution >= 4 is 5.69 Å². The summed E-state index contributed by atoms with van der Waals surface area (Å²) in [4.78, 5) is 0. The number of aryl methyl sites for hydroxylation is 2. The number of aromatic nitrogens is 4.